The maximum Gasteiger partial charge on any atom is 0.119 e. The van der Waals surface area contributed by atoms with Crippen LogP contribution in [-0.4, -0.2) is 36.6 Å². The quantitative estimate of drug-likeness (QED) is 0.344. The van der Waals surface area contributed by atoms with E-state index in [1.807, 2.05) is 18.2 Å². The molecule has 33 heavy (non-hydrogen) atoms. The van der Waals surface area contributed by atoms with Gasteiger partial charge in [0.1, 0.15) is 24.7 Å². The van der Waals surface area contributed by atoms with Gasteiger partial charge in [-0.05, 0) is 52.1 Å². The van der Waals surface area contributed by atoms with Crippen molar-refractivity contribution < 1.29 is 19.7 Å². The minimum Gasteiger partial charge on any atom is -0.491 e. The average Bonchev–Trinajstić information content (AvgIpc) is 3.15. The van der Waals surface area contributed by atoms with Crippen LogP contribution in [-0.2, 0) is 10.2 Å². The minimum absolute atomic E-state index is 0.0264. The number of benzene rings is 3. The maximum absolute atomic E-state index is 9.21. The molecule has 4 rings (SSSR count). The third-order valence-electron chi connectivity index (χ3n) is 5.80. The molecule has 0 fully saturated rings. The van der Waals surface area contributed by atoms with Gasteiger partial charge in [0.05, 0.1) is 18.6 Å². The first-order valence-corrected chi connectivity index (χ1v) is 11.0. The van der Waals surface area contributed by atoms with Crippen LogP contribution in [0.2, 0.25) is 0 Å². The van der Waals surface area contributed by atoms with Crippen LogP contribution in [0.25, 0.3) is 11.1 Å². The van der Waals surface area contributed by atoms with E-state index in [4.69, 9.17) is 14.6 Å². The van der Waals surface area contributed by atoms with E-state index in [1.165, 1.54) is 22.3 Å². The number of rotatable bonds is 10. The molecule has 3 aromatic carbocycles. The smallest absolute Gasteiger partial charge is 0.119 e. The number of allylic oxidation sites excluding steroid dienone is 4. The lowest BCUT2D eigenvalue weighted by molar-refractivity contribution is 0.152. The Labute approximate surface area is 194 Å². The lowest BCUT2D eigenvalue weighted by atomic mass is 9.72. The van der Waals surface area contributed by atoms with Gasteiger partial charge in [-0.2, -0.15) is 0 Å². The van der Waals surface area contributed by atoms with Crippen LogP contribution in [0.1, 0.15) is 16.7 Å². The number of fused-ring (bicyclic) bond motifs is 3. The number of aliphatic hydroxyl groups excluding tert-OH is 2. The highest BCUT2D eigenvalue weighted by atomic mass is 16.5. The third-order valence-corrected chi connectivity index (χ3v) is 5.80. The number of aliphatic hydroxyl groups is 2. The van der Waals surface area contributed by atoms with E-state index in [1.54, 1.807) is 12.2 Å². The van der Waals surface area contributed by atoms with Gasteiger partial charge in [-0.3, -0.25) is 0 Å². The lowest BCUT2D eigenvalue weighted by Crippen LogP contribution is -2.24. The predicted molar refractivity (Wildman–Crippen MR) is 131 cm³/mol. The van der Waals surface area contributed by atoms with E-state index < -0.39 is 5.41 Å². The molecule has 0 saturated carbocycles. The molecule has 0 unspecified atom stereocenters. The Morgan fingerprint density at radius 1 is 0.818 bits per heavy atom. The third kappa shape index (κ3) is 4.36. The van der Waals surface area contributed by atoms with Crippen LogP contribution in [0.3, 0.4) is 0 Å². The summed E-state index contributed by atoms with van der Waals surface area (Å²) in [6, 6.07) is 24.9. The molecule has 0 saturated heterocycles. The van der Waals surface area contributed by atoms with Crippen molar-refractivity contribution in [1.29, 1.82) is 0 Å². The van der Waals surface area contributed by atoms with Gasteiger partial charge in [0.25, 0.3) is 0 Å². The second-order valence-corrected chi connectivity index (χ2v) is 7.71. The van der Waals surface area contributed by atoms with Crippen molar-refractivity contribution in [2.45, 2.75) is 5.41 Å². The van der Waals surface area contributed by atoms with Crippen LogP contribution >= 0.6 is 0 Å². The van der Waals surface area contributed by atoms with E-state index in [2.05, 4.69) is 73.3 Å². The van der Waals surface area contributed by atoms with Crippen molar-refractivity contribution in [2.75, 3.05) is 26.4 Å². The molecule has 0 spiro atoms. The fraction of sp³-hybridized carbons (Fsp3) is 0.172. The van der Waals surface area contributed by atoms with Crippen LogP contribution in [0.5, 0.6) is 5.75 Å². The maximum atomic E-state index is 9.21. The molecule has 0 bridgehead atoms. The number of hydrogen-bond donors (Lipinski definition) is 2. The van der Waals surface area contributed by atoms with Crippen molar-refractivity contribution in [3.8, 4) is 16.9 Å². The molecule has 0 aromatic heterocycles. The summed E-state index contributed by atoms with van der Waals surface area (Å²) in [6.45, 7) is 4.17. The summed E-state index contributed by atoms with van der Waals surface area (Å²) < 4.78 is 11.3. The van der Waals surface area contributed by atoms with Crippen molar-refractivity contribution in [3.05, 3.63) is 126 Å². The molecule has 3 aromatic rings. The van der Waals surface area contributed by atoms with Crippen molar-refractivity contribution in [2.24, 2.45) is 0 Å². The van der Waals surface area contributed by atoms with Gasteiger partial charge in [0.2, 0.25) is 0 Å². The first kappa shape index (κ1) is 22.6. The molecule has 0 atom stereocenters. The molecule has 1 aliphatic carbocycles. The second kappa shape index (κ2) is 10.3. The Bertz CT molecular complexity index is 1110. The molecular formula is C29H28O4. The highest BCUT2D eigenvalue weighted by molar-refractivity contribution is 5.85. The monoisotopic (exact) mass is 440 g/mol. The zero-order chi connectivity index (χ0) is 23.1. The summed E-state index contributed by atoms with van der Waals surface area (Å²) >= 11 is 0. The number of ether oxygens (including phenoxy) is 2. The molecule has 0 aliphatic heterocycles. The largest absolute Gasteiger partial charge is 0.491 e. The second-order valence-electron chi connectivity index (χ2n) is 7.71. The van der Waals surface area contributed by atoms with Gasteiger partial charge in [0, 0.05) is 0 Å². The first-order chi connectivity index (χ1) is 16.2. The summed E-state index contributed by atoms with van der Waals surface area (Å²) in [5.74, 6) is 1.34. The summed E-state index contributed by atoms with van der Waals surface area (Å²) in [6.07, 6.45) is 7.58. The number of hydrogen-bond acceptors (Lipinski definition) is 4. The molecule has 0 heterocycles. The molecule has 0 amide bonds. The van der Waals surface area contributed by atoms with E-state index >= 15 is 0 Å². The van der Waals surface area contributed by atoms with Gasteiger partial charge < -0.3 is 19.7 Å². The molecule has 2 N–H and O–H groups in total. The van der Waals surface area contributed by atoms with Gasteiger partial charge in [0.15, 0.2) is 0 Å². The minimum atomic E-state index is -0.536. The highest BCUT2D eigenvalue weighted by Crippen LogP contribution is 2.53. The normalized spacial score (nSPS) is 14.1. The topological polar surface area (TPSA) is 58.9 Å². The predicted octanol–water partition coefficient (Wildman–Crippen LogP) is 5.01. The average molecular weight is 441 g/mol. The Balaban J connectivity index is 1.90. The summed E-state index contributed by atoms with van der Waals surface area (Å²) in [5.41, 5.74) is 5.32. The fourth-order valence-electron chi connectivity index (χ4n) is 4.47. The van der Waals surface area contributed by atoms with Crippen molar-refractivity contribution >= 4 is 0 Å². The summed E-state index contributed by atoms with van der Waals surface area (Å²) in [5, 5.41) is 18.3. The van der Waals surface area contributed by atoms with Gasteiger partial charge in [-0.15, -0.1) is 0 Å². The Kier molecular flexibility index (Phi) is 7.08. The van der Waals surface area contributed by atoms with E-state index in [9.17, 15) is 5.11 Å². The van der Waals surface area contributed by atoms with Gasteiger partial charge in [-0.1, -0.05) is 79.4 Å². The Hall–Kier alpha value is -3.60. The Morgan fingerprint density at radius 3 is 2.00 bits per heavy atom. The van der Waals surface area contributed by atoms with Crippen molar-refractivity contribution in [1.82, 2.24) is 0 Å². The van der Waals surface area contributed by atoms with Crippen LogP contribution in [0.4, 0.5) is 0 Å². The van der Waals surface area contributed by atoms with Gasteiger partial charge in [-0.25, -0.2) is 0 Å². The molecule has 4 heteroatoms. The molecule has 1 aliphatic rings. The van der Waals surface area contributed by atoms with Gasteiger partial charge >= 0.3 is 0 Å². The highest BCUT2D eigenvalue weighted by Gasteiger charge is 2.42. The summed E-state index contributed by atoms with van der Waals surface area (Å²) in [4.78, 5) is 0. The van der Waals surface area contributed by atoms with Crippen LogP contribution < -0.4 is 4.74 Å². The molecule has 4 nitrogen and oxygen atoms in total. The zero-order valence-corrected chi connectivity index (χ0v) is 18.5. The SMILES string of the molecule is C=C/C=C(\C=C/C1(c2ccc(OCCO)cc2)c2ccccc2-c2ccccc21)OCCO. The summed E-state index contributed by atoms with van der Waals surface area (Å²) in [7, 11) is 0. The zero-order valence-electron chi connectivity index (χ0n) is 18.5. The van der Waals surface area contributed by atoms with Crippen molar-refractivity contribution in [3.63, 3.8) is 0 Å². The first-order valence-electron chi connectivity index (χ1n) is 11.0. The van der Waals surface area contributed by atoms with E-state index in [0.717, 1.165) is 5.56 Å². The molecule has 168 valence electrons. The Morgan fingerprint density at radius 2 is 1.42 bits per heavy atom. The molecule has 0 radical (unpaired) electrons. The van der Waals surface area contributed by atoms with Crippen LogP contribution in [0.15, 0.2) is 109 Å². The standard InChI is InChI=1S/C29H28O4/c1-2-7-23(32-20-18-30)16-17-29(22-12-14-24(15-13-22)33-21-19-31)27-10-5-3-8-25(27)26-9-4-6-11-28(26)29/h2-17,30-31H,1,18-21H2/b17-16-,23-7+. The van der Waals surface area contributed by atoms with E-state index in [-0.39, 0.29) is 26.4 Å². The fourth-order valence-corrected chi connectivity index (χ4v) is 4.47. The lowest BCUT2D eigenvalue weighted by Gasteiger charge is -2.30. The van der Waals surface area contributed by atoms with E-state index in [0.29, 0.717) is 11.5 Å². The van der Waals surface area contributed by atoms with Crippen LogP contribution in [0, 0.1) is 0 Å². The molecular weight excluding hydrogens is 412 g/mol.